The van der Waals surface area contributed by atoms with Crippen LogP contribution in [0.25, 0.3) is 10.1 Å². The number of carbonyl (C=O) groups excluding carboxylic acids is 2. The summed E-state index contributed by atoms with van der Waals surface area (Å²) in [5.41, 5.74) is 0.659. The molecule has 0 unspecified atom stereocenters. The van der Waals surface area contributed by atoms with E-state index in [4.69, 9.17) is 0 Å². The van der Waals surface area contributed by atoms with Crippen molar-refractivity contribution in [2.24, 2.45) is 0 Å². The molecule has 1 aromatic carbocycles. The van der Waals surface area contributed by atoms with Gasteiger partial charge in [0.15, 0.2) is 0 Å². The van der Waals surface area contributed by atoms with Crippen molar-refractivity contribution in [3.05, 3.63) is 34.5 Å². The summed E-state index contributed by atoms with van der Waals surface area (Å²) in [6.45, 7) is 3.71. The van der Waals surface area contributed by atoms with Crippen LogP contribution in [0.2, 0.25) is 0 Å². The minimum Gasteiger partial charge on any atom is -0.351 e. The molecule has 0 radical (unpaired) electrons. The molecule has 0 spiro atoms. The fourth-order valence-corrected chi connectivity index (χ4v) is 4.10. The van der Waals surface area contributed by atoms with E-state index in [1.54, 1.807) is 13.0 Å². The Labute approximate surface area is 138 Å². The molecule has 1 N–H and O–H groups in total. The van der Waals surface area contributed by atoms with Crippen LogP contribution in [0.1, 0.15) is 34.5 Å². The maximum atomic E-state index is 13.9. The van der Waals surface area contributed by atoms with E-state index in [-0.39, 0.29) is 17.6 Å². The van der Waals surface area contributed by atoms with Gasteiger partial charge in [0.05, 0.1) is 4.88 Å². The van der Waals surface area contributed by atoms with Gasteiger partial charge >= 0.3 is 0 Å². The SMILES string of the molecule is Cc1c(C(=O)NCCC(=O)N2CCCC2)sc2cccc(F)c12. The lowest BCUT2D eigenvalue weighted by molar-refractivity contribution is -0.129. The highest BCUT2D eigenvalue weighted by atomic mass is 32.1. The van der Waals surface area contributed by atoms with Gasteiger partial charge in [-0.05, 0) is 37.5 Å². The molecular formula is C17H19FN2O2S. The Hall–Kier alpha value is -1.95. The number of carbonyl (C=O) groups is 2. The molecule has 0 atom stereocenters. The zero-order chi connectivity index (χ0) is 16.4. The average Bonchev–Trinajstić information content (AvgIpc) is 3.16. The standard InChI is InChI=1S/C17H19FN2O2S/c1-11-15-12(18)5-4-6-13(15)23-16(11)17(22)19-8-7-14(21)20-9-2-3-10-20/h4-6H,2-3,7-10H2,1H3,(H,19,22). The summed E-state index contributed by atoms with van der Waals surface area (Å²) in [5, 5.41) is 3.29. The van der Waals surface area contributed by atoms with Crippen molar-refractivity contribution in [3.8, 4) is 0 Å². The third kappa shape index (κ3) is 3.22. The van der Waals surface area contributed by atoms with Crippen LogP contribution >= 0.6 is 11.3 Å². The molecule has 0 saturated carbocycles. The van der Waals surface area contributed by atoms with Crippen LogP contribution in [0.5, 0.6) is 0 Å². The highest BCUT2D eigenvalue weighted by Gasteiger charge is 2.20. The van der Waals surface area contributed by atoms with Crippen molar-refractivity contribution in [1.29, 1.82) is 0 Å². The van der Waals surface area contributed by atoms with E-state index in [1.165, 1.54) is 17.4 Å². The second-order valence-electron chi connectivity index (χ2n) is 5.76. The number of benzene rings is 1. The minimum atomic E-state index is -0.306. The summed E-state index contributed by atoms with van der Waals surface area (Å²) < 4.78 is 14.6. The molecular weight excluding hydrogens is 315 g/mol. The Morgan fingerprint density at radius 1 is 1.30 bits per heavy atom. The van der Waals surface area contributed by atoms with Crippen molar-refractivity contribution in [3.63, 3.8) is 0 Å². The molecule has 1 aromatic heterocycles. The summed E-state index contributed by atoms with van der Waals surface area (Å²) in [4.78, 5) is 26.6. The van der Waals surface area contributed by atoms with Gasteiger partial charge in [0.1, 0.15) is 5.82 Å². The molecule has 1 aliphatic heterocycles. The summed E-state index contributed by atoms with van der Waals surface area (Å²) >= 11 is 1.28. The molecule has 0 bridgehead atoms. The van der Waals surface area contributed by atoms with E-state index in [9.17, 15) is 14.0 Å². The molecule has 1 fully saturated rings. The minimum absolute atomic E-state index is 0.0851. The first-order valence-electron chi connectivity index (χ1n) is 7.81. The number of halogens is 1. The molecule has 3 rings (SSSR count). The molecule has 0 aliphatic carbocycles. The third-order valence-electron chi connectivity index (χ3n) is 4.19. The van der Waals surface area contributed by atoms with Gasteiger partial charge in [0, 0.05) is 36.1 Å². The molecule has 6 heteroatoms. The number of hydrogen-bond donors (Lipinski definition) is 1. The Balaban J connectivity index is 1.63. The van der Waals surface area contributed by atoms with Crippen molar-refractivity contribution in [1.82, 2.24) is 10.2 Å². The third-order valence-corrected chi connectivity index (χ3v) is 5.45. The highest BCUT2D eigenvalue weighted by molar-refractivity contribution is 7.21. The predicted molar refractivity (Wildman–Crippen MR) is 89.3 cm³/mol. The summed E-state index contributed by atoms with van der Waals surface area (Å²) in [5.74, 6) is -0.459. The maximum Gasteiger partial charge on any atom is 0.261 e. The molecule has 2 aromatic rings. The van der Waals surface area contributed by atoms with E-state index in [1.807, 2.05) is 11.0 Å². The van der Waals surface area contributed by atoms with Gasteiger partial charge in [-0.25, -0.2) is 4.39 Å². The number of likely N-dealkylation sites (tertiary alicyclic amines) is 1. The van der Waals surface area contributed by atoms with Gasteiger partial charge < -0.3 is 10.2 Å². The lowest BCUT2D eigenvalue weighted by Gasteiger charge is -2.15. The second kappa shape index (κ2) is 6.66. The van der Waals surface area contributed by atoms with Crippen LogP contribution in [0.3, 0.4) is 0 Å². The number of fused-ring (bicyclic) bond motifs is 1. The molecule has 2 amide bonds. The molecule has 122 valence electrons. The average molecular weight is 334 g/mol. The normalized spacial score (nSPS) is 14.4. The van der Waals surface area contributed by atoms with Crippen LogP contribution in [0, 0.1) is 12.7 Å². The van der Waals surface area contributed by atoms with Crippen LogP contribution in [0.15, 0.2) is 18.2 Å². The van der Waals surface area contributed by atoms with Crippen LogP contribution in [-0.4, -0.2) is 36.3 Å². The van der Waals surface area contributed by atoms with Crippen LogP contribution in [-0.2, 0) is 4.79 Å². The molecule has 1 saturated heterocycles. The van der Waals surface area contributed by atoms with Crippen molar-refractivity contribution < 1.29 is 14.0 Å². The fraction of sp³-hybridized carbons (Fsp3) is 0.412. The van der Waals surface area contributed by atoms with Gasteiger partial charge in [-0.15, -0.1) is 11.3 Å². The fourth-order valence-electron chi connectivity index (χ4n) is 2.96. The number of rotatable bonds is 4. The number of amides is 2. The molecule has 2 heterocycles. The first kappa shape index (κ1) is 15.9. The monoisotopic (exact) mass is 334 g/mol. The first-order chi connectivity index (χ1) is 11.1. The predicted octanol–water partition coefficient (Wildman–Crippen LogP) is 3.09. The number of hydrogen-bond acceptors (Lipinski definition) is 3. The largest absolute Gasteiger partial charge is 0.351 e. The number of nitrogens with one attached hydrogen (secondary N) is 1. The number of thiophene rings is 1. The van der Waals surface area contributed by atoms with E-state index in [0.29, 0.717) is 28.8 Å². The number of nitrogens with zero attached hydrogens (tertiary/aromatic N) is 1. The maximum absolute atomic E-state index is 13.9. The highest BCUT2D eigenvalue weighted by Crippen LogP contribution is 2.32. The van der Waals surface area contributed by atoms with Gasteiger partial charge in [-0.3, -0.25) is 9.59 Å². The zero-order valence-electron chi connectivity index (χ0n) is 13.0. The van der Waals surface area contributed by atoms with Crippen molar-refractivity contribution in [2.75, 3.05) is 19.6 Å². The first-order valence-corrected chi connectivity index (χ1v) is 8.63. The van der Waals surface area contributed by atoms with E-state index >= 15 is 0 Å². The lowest BCUT2D eigenvalue weighted by Crippen LogP contribution is -2.32. The number of aryl methyl sites for hydroxylation is 1. The Bertz CT molecular complexity index is 750. The Morgan fingerprint density at radius 2 is 2.04 bits per heavy atom. The van der Waals surface area contributed by atoms with Gasteiger partial charge in [0.2, 0.25) is 5.91 Å². The van der Waals surface area contributed by atoms with Crippen LogP contribution in [0.4, 0.5) is 4.39 Å². The van der Waals surface area contributed by atoms with Gasteiger partial charge in [-0.2, -0.15) is 0 Å². The van der Waals surface area contributed by atoms with E-state index in [0.717, 1.165) is 30.6 Å². The smallest absolute Gasteiger partial charge is 0.261 e. The van der Waals surface area contributed by atoms with E-state index < -0.39 is 0 Å². The quantitative estimate of drug-likeness (QED) is 0.934. The van der Waals surface area contributed by atoms with Gasteiger partial charge in [-0.1, -0.05) is 6.07 Å². The van der Waals surface area contributed by atoms with Crippen molar-refractivity contribution >= 4 is 33.2 Å². The van der Waals surface area contributed by atoms with E-state index in [2.05, 4.69) is 5.32 Å². The molecule has 4 nitrogen and oxygen atoms in total. The topological polar surface area (TPSA) is 49.4 Å². The lowest BCUT2D eigenvalue weighted by atomic mass is 10.1. The Kier molecular flexibility index (Phi) is 4.61. The second-order valence-corrected chi connectivity index (χ2v) is 6.82. The Morgan fingerprint density at radius 3 is 2.74 bits per heavy atom. The summed E-state index contributed by atoms with van der Waals surface area (Å²) in [6.07, 6.45) is 2.43. The zero-order valence-corrected chi connectivity index (χ0v) is 13.8. The summed E-state index contributed by atoms with van der Waals surface area (Å²) in [6, 6.07) is 4.85. The summed E-state index contributed by atoms with van der Waals surface area (Å²) in [7, 11) is 0. The molecule has 23 heavy (non-hydrogen) atoms. The molecule has 1 aliphatic rings. The van der Waals surface area contributed by atoms with Crippen LogP contribution < -0.4 is 5.32 Å². The van der Waals surface area contributed by atoms with Crippen molar-refractivity contribution in [2.45, 2.75) is 26.2 Å². The van der Waals surface area contributed by atoms with Gasteiger partial charge in [0.25, 0.3) is 5.91 Å².